The van der Waals surface area contributed by atoms with Gasteiger partial charge in [0.2, 0.25) is 5.91 Å². The maximum Gasteiger partial charge on any atom is 0.220 e. The van der Waals surface area contributed by atoms with Crippen LogP contribution in [0.2, 0.25) is 0 Å². The van der Waals surface area contributed by atoms with E-state index in [1.54, 1.807) is 6.08 Å². The Kier molecular flexibility index (Phi) is 43.1. The fourth-order valence-corrected chi connectivity index (χ4v) is 9.83. The van der Waals surface area contributed by atoms with Gasteiger partial charge in [0.25, 0.3) is 0 Å². The summed E-state index contributed by atoms with van der Waals surface area (Å²) in [7, 11) is 0. The summed E-state index contributed by atoms with van der Waals surface area (Å²) in [5.41, 5.74) is 0. The minimum atomic E-state index is -1.79. The molecule has 0 aromatic rings. The number of aliphatic hydroxyl groups excluding tert-OH is 8. The lowest BCUT2D eigenvalue weighted by molar-refractivity contribution is -0.359. The maximum absolute atomic E-state index is 13.3. The molecule has 75 heavy (non-hydrogen) atoms. The third-order valence-corrected chi connectivity index (χ3v) is 14.8. The molecular weight excluding hydrogens is 955 g/mol. The van der Waals surface area contributed by atoms with Crippen LogP contribution >= 0.6 is 0 Å². The monoisotopic (exact) mass is 1070 g/mol. The molecule has 1 amide bonds. The molecule has 0 aromatic carbocycles. The number of amides is 1. The minimum Gasteiger partial charge on any atom is -0.394 e. The number of hydrogen-bond acceptors (Lipinski definition) is 13. The quantitative estimate of drug-likeness (QED) is 0.0204. The lowest BCUT2D eigenvalue weighted by Gasteiger charge is -2.46. The second-order valence-electron chi connectivity index (χ2n) is 21.5. The summed E-state index contributed by atoms with van der Waals surface area (Å²) in [6.45, 7) is 2.79. The molecule has 12 atom stereocenters. The molecule has 438 valence electrons. The van der Waals surface area contributed by atoms with Gasteiger partial charge in [-0.15, -0.1) is 0 Å². The molecule has 0 saturated carbocycles. The Morgan fingerprint density at radius 2 is 0.880 bits per heavy atom. The van der Waals surface area contributed by atoms with Gasteiger partial charge in [-0.25, -0.2) is 0 Å². The standard InChI is InChI=1S/C61H111NO13/c1-3-5-7-9-11-13-15-17-19-21-23-25-27-29-31-33-35-37-39-41-43-45-53(66)62-49(50(65)44-42-40-38-36-34-32-30-28-26-24-22-20-18-16-14-12-10-8-6-4-2)48-72-60-58(71)56(69)59(52(47-64)74-60)75-61-57(70)55(68)54(67)51(46-63)73-61/h15,17,21,23,27,29,42,44,49-52,54-61,63-65,67-71H,3-14,16,18-20,22,24-26,28,30-41,43,45-48H2,1-2H3,(H,62,66)/b17-15-,23-21-,29-27-,44-42+. The molecule has 2 rings (SSSR count). The molecule has 2 saturated heterocycles. The summed E-state index contributed by atoms with van der Waals surface area (Å²) in [6.07, 6.45) is 41.4. The lowest BCUT2D eigenvalue weighted by Crippen LogP contribution is -2.65. The second-order valence-corrected chi connectivity index (χ2v) is 21.5. The molecule has 12 unspecified atom stereocenters. The summed E-state index contributed by atoms with van der Waals surface area (Å²) in [5, 5.41) is 87.1. The third kappa shape index (κ3) is 32.6. The van der Waals surface area contributed by atoms with Crippen LogP contribution in [0.5, 0.6) is 0 Å². The van der Waals surface area contributed by atoms with E-state index in [2.05, 4.69) is 55.6 Å². The Bertz CT molecular complexity index is 1440. The average molecular weight is 1070 g/mol. The van der Waals surface area contributed by atoms with Gasteiger partial charge >= 0.3 is 0 Å². The number of unbranched alkanes of at least 4 members (excludes halogenated alkanes) is 29. The van der Waals surface area contributed by atoms with Gasteiger partial charge in [0, 0.05) is 6.42 Å². The Morgan fingerprint density at radius 1 is 0.480 bits per heavy atom. The second kappa shape index (κ2) is 46.8. The number of ether oxygens (including phenoxy) is 4. The highest BCUT2D eigenvalue weighted by Crippen LogP contribution is 2.30. The number of carbonyl (C=O) groups is 1. The first-order valence-electron chi connectivity index (χ1n) is 30.4. The summed E-state index contributed by atoms with van der Waals surface area (Å²) in [4.78, 5) is 13.3. The largest absolute Gasteiger partial charge is 0.394 e. The van der Waals surface area contributed by atoms with Crippen LogP contribution in [0, 0.1) is 0 Å². The first kappa shape index (κ1) is 69.1. The van der Waals surface area contributed by atoms with Crippen LogP contribution in [-0.4, -0.2) is 140 Å². The Morgan fingerprint density at radius 3 is 1.35 bits per heavy atom. The summed E-state index contributed by atoms with van der Waals surface area (Å²) in [5.74, 6) is -0.251. The molecule has 2 aliphatic rings. The van der Waals surface area contributed by atoms with E-state index in [1.165, 1.54) is 141 Å². The number of hydrogen-bond donors (Lipinski definition) is 9. The van der Waals surface area contributed by atoms with Crippen molar-refractivity contribution < 1.29 is 64.6 Å². The third-order valence-electron chi connectivity index (χ3n) is 14.8. The van der Waals surface area contributed by atoms with E-state index in [0.717, 1.165) is 70.6 Å². The van der Waals surface area contributed by atoms with E-state index >= 15 is 0 Å². The maximum atomic E-state index is 13.3. The van der Waals surface area contributed by atoms with E-state index in [9.17, 15) is 45.6 Å². The average Bonchev–Trinajstić information content (AvgIpc) is 3.41. The fraction of sp³-hybridized carbons (Fsp3) is 0.852. The van der Waals surface area contributed by atoms with Crippen LogP contribution in [0.1, 0.15) is 239 Å². The lowest BCUT2D eigenvalue weighted by atomic mass is 9.97. The molecule has 0 aliphatic carbocycles. The molecule has 0 radical (unpaired) electrons. The van der Waals surface area contributed by atoms with Crippen molar-refractivity contribution >= 4 is 5.91 Å². The van der Waals surface area contributed by atoms with E-state index in [-0.39, 0.29) is 18.9 Å². The molecule has 2 heterocycles. The van der Waals surface area contributed by atoms with Crippen LogP contribution in [-0.2, 0) is 23.7 Å². The van der Waals surface area contributed by atoms with Crippen LogP contribution in [0.4, 0.5) is 0 Å². The summed E-state index contributed by atoms with van der Waals surface area (Å²) < 4.78 is 22.8. The normalized spacial score (nSPS) is 25.4. The first-order chi connectivity index (χ1) is 36.6. The topological polar surface area (TPSA) is 228 Å². The zero-order valence-electron chi connectivity index (χ0n) is 47.0. The van der Waals surface area contributed by atoms with Crippen molar-refractivity contribution in [3.63, 3.8) is 0 Å². The smallest absolute Gasteiger partial charge is 0.220 e. The van der Waals surface area contributed by atoms with Gasteiger partial charge in [0.1, 0.15) is 48.8 Å². The first-order valence-corrected chi connectivity index (χ1v) is 30.4. The van der Waals surface area contributed by atoms with Crippen LogP contribution < -0.4 is 5.32 Å². The number of allylic oxidation sites excluding steroid dienone is 7. The van der Waals surface area contributed by atoms with Gasteiger partial charge in [-0.1, -0.05) is 223 Å². The van der Waals surface area contributed by atoms with Crippen molar-refractivity contribution in [3.05, 3.63) is 48.6 Å². The molecule has 2 fully saturated rings. The number of aliphatic hydroxyl groups is 8. The molecular formula is C61H111NO13. The SMILES string of the molecule is CCCCCCC/C=C\C/C=C\C/C=C\CCCCCCCCC(=O)NC(COC1OC(CO)C(OC2OC(CO)C(O)C(O)C2O)C(O)C1O)C(O)/C=C/CCCCCCCCCCCCCCCCCCCC. The van der Waals surface area contributed by atoms with E-state index in [1.807, 2.05) is 6.08 Å². The molecule has 2 aliphatic heterocycles. The summed E-state index contributed by atoms with van der Waals surface area (Å²) in [6, 6.07) is -0.923. The summed E-state index contributed by atoms with van der Waals surface area (Å²) >= 11 is 0. The van der Waals surface area contributed by atoms with Gasteiger partial charge in [-0.3, -0.25) is 4.79 Å². The van der Waals surface area contributed by atoms with E-state index in [0.29, 0.717) is 6.42 Å². The van der Waals surface area contributed by atoms with Gasteiger partial charge in [0.15, 0.2) is 12.6 Å². The fourth-order valence-electron chi connectivity index (χ4n) is 9.83. The zero-order valence-corrected chi connectivity index (χ0v) is 47.0. The van der Waals surface area contributed by atoms with Crippen molar-refractivity contribution in [2.24, 2.45) is 0 Å². The van der Waals surface area contributed by atoms with Crippen molar-refractivity contribution in [1.29, 1.82) is 0 Å². The highest BCUT2D eigenvalue weighted by Gasteiger charge is 2.51. The van der Waals surface area contributed by atoms with Gasteiger partial charge in [-0.05, 0) is 57.8 Å². The number of nitrogens with one attached hydrogen (secondary N) is 1. The van der Waals surface area contributed by atoms with Gasteiger partial charge in [0.05, 0.1) is 32.0 Å². The van der Waals surface area contributed by atoms with Crippen LogP contribution in [0.3, 0.4) is 0 Å². The Labute approximate surface area is 454 Å². The van der Waals surface area contributed by atoms with Gasteiger partial charge < -0.3 is 65.1 Å². The molecule has 0 aromatic heterocycles. The van der Waals surface area contributed by atoms with E-state index in [4.69, 9.17) is 18.9 Å². The van der Waals surface area contributed by atoms with Crippen molar-refractivity contribution in [3.8, 4) is 0 Å². The molecule has 14 heteroatoms. The van der Waals surface area contributed by atoms with E-state index < -0.39 is 86.8 Å². The van der Waals surface area contributed by atoms with Crippen molar-refractivity contribution in [2.75, 3.05) is 19.8 Å². The predicted octanol–water partition coefficient (Wildman–Crippen LogP) is 10.4. The number of carbonyl (C=O) groups excluding carboxylic acids is 1. The zero-order chi connectivity index (χ0) is 54.6. The van der Waals surface area contributed by atoms with Crippen molar-refractivity contribution in [1.82, 2.24) is 5.32 Å². The predicted molar refractivity (Wildman–Crippen MR) is 300 cm³/mol. The molecule has 14 nitrogen and oxygen atoms in total. The molecule has 0 bridgehead atoms. The highest BCUT2D eigenvalue weighted by molar-refractivity contribution is 5.76. The number of rotatable bonds is 48. The Balaban J connectivity index is 1.78. The minimum absolute atomic E-state index is 0.251. The molecule has 0 spiro atoms. The van der Waals surface area contributed by atoms with Crippen LogP contribution in [0.15, 0.2) is 48.6 Å². The van der Waals surface area contributed by atoms with Crippen LogP contribution in [0.25, 0.3) is 0 Å². The molecule has 9 N–H and O–H groups in total. The Hall–Kier alpha value is -2.05. The van der Waals surface area contributed by atoms with Crippen molar-refractivity contribution in [2.45, 2.75) is 312 Å². The highest BCUT2D eigenvalue weighted by atomic mass is 16.7. The van der Waals surface area contributed by atoms with Gasteiger partial charge in [-0.2, -0.15) is 0 Å².